The molecule has 2 aromatic heterocycles. The lowest BCUT2D eigenvalue weighted by atomic mass is 10.2. The summed E-state index contributed by atoms with van der Waals surface area (Å²) >= 11 is 5.77. The van der Waals surface area contributed by atoms with E-state index in [0.717, 1.165) is 0 Å². The zero-order valence-corrected chi connectivity index (χ0v) is 11.1. The fourth-order valence-electron chi connectivity index (χ4n) is 1.40. The number of amides is 1. The Bertz CT molecular complexity index is 666. The van der Waals surface area contributed by atoms with E-state index in [1.54, 1.807) is 0 Å². The van der Waals surface area contributed by atoms with Crippen molar-refractivity contribution < 1.29 is 13.9 Å². The molecule has 8 heteroatoms. The highest BCUT2D eigenvalue weighted by molar-refractivity contribution is 6.33. The van der Waals surface area contributed by atoms with Crippen LogP contribution in [0.4, 0.5) is 15.9 Å². The summed E-state index contributed by atoms with van der Waals surface area (Å²) in [4.78, 5) is 19.2. The van der Waals surface area contributed by atoms with Gasteiger partial charge in [-0.3, -0.25) is 4.79 Å². The topological polar surface area (TPSA) is 90.1 Å². The van der Waals surface area contributed by atoms with Gasteiger partial charge in [0.2, 0.25) is 5.95 Å². The first-order valence-electron chi connectivity index (χ1n) is 5.43. The number of hydrogen-bond donors (Lipinski definition) is 2. The van der Waals surface area contributed by atoms with Crippen LogP contribution in [0.25, 0.3) is 0 Å². The second-order valence-electron chi connectivity index (χ2n) is 3.76. The monoisotopic (exact) mass is 296 g/mol. The van der Waals surface area contributed by atoms with E-state index in [-0.39, 0.29) is 22.1 Å². The van der Waals surface area contributed by atoms with Gasteiger partial charge >= 0.3 is 0 Å². The molecule has 0 saturated carbocycles. The Labute approximate surface area is 118 Å². The van der Waals surface area contributed by atoms with Crippen molar-refractivity contribution in [1.29, 1.82) is 0 Å². The second kappa shape index (κ2) is 5.70. The first-order chi connectivity index (χ1) is 9.51. The molecular weight excluding hydrogens is 287 g/mol. The van der Waals surface area contributed by atoms with E-state index >= 15 is 0 Å². The van der Waals surface area contributed by atoms with Crippen LogP contribution in [0, 0.1) is 5.95 Å². The van der Waals surface area contributed by atoms with Gasteiger partial charge in [-0.05, 0) is 6.07 Å². The van der Waals surface area contributed by atoms with Crippen molar-refractivity contribution in [2.24, 2.45) is 0 Å². The van der Waals surface area contributed by atoms with Gasteiger partial charge in [-0.1, -0.05) is 11.6 Å². The summed E-state index contributed by atoms with van der Waals surface area (Å²) < 4.78 is 18.4. The van der Waals surface area contributed by atoms with Gasteiger partial charge in [-0.25, -0.2) is 9.97 Å². The average Bonchev–Trinajstić information content (AvgIpc) is 2.44. The van der Waals surface area contributed by atoms with Gasteiger partial charge in [-0.15, -0.1) is 0 Å². The van der Waals surface area contributed by atoms with Gasteiger partial charge < -0.3 is 15.8 Å². The van der Waals surface area contributed by atoms with Gasteiger partial charge in [0.1, 0.15) is 17.3 Å². The summed E-state index contributed by atoms with van der Waals surface area (Å²) in [5.41, 5.74) is 5.48. The predicted octanol–water partition coefficient (Wildman–Crippen LogP) is 2.11. The number of rotatable bonds is 3. The van der Waals surface area contributed by atoms with Crippen LogP contribution >= 0.6 is 11.6 Å². The third-order valence-electron chi connectivity index (χ3n) is 2.43. The zero-order chi connectivity index (χ0) is 14.7. The molecule has 2 heterocycles. The van der Waals surface area contributed by atoms with Crippen LogP contribution in [0.3, 0.4) is 0 Å². The molecular formula is C12H10ClFN4O2. The lowest BCUT2D eigenvalue weighted by molar-refractivity contribution is 0.102. The smallest absolute Gasteiger partial charge is 0.257 e. The summed E-state index contributed by atoms with van der Waals surface area (Å²) in [5, 5.41) is 2.49. The van der Waals surface area contributed by atoms with Crippen LogP contribution < -0.4 is 15.8 Å². The number of carbonyl (C=O) groups excluding carboxylic acids is 1. The third kappa shape index (κ3) is 2.94. The maximum absolute atomic E-state index is 13.5. The number of aromatic nitrogens is 2. The van der Waals surface area contributed by atoms with E-state index in [9.17, 15) is 9.18 Å². The molecule has 0 aliphatic carbocycles. The molecule has 0 aromatic carbocycles. The number of ether oxygens (including phenoxy) is 1. The Morgan fingerprint density at radius 2 is 2.15 bits per heavy atom. The lowest BCUT2D eigenvalue weighted by Crippen LogP contribution is -2.14. The maximum atomic E-state index is 13.5. The van der Waals surface area contributed by atoms with Gasteiger partial charge in [0, 0.05) is 12.3 Å². The van der Waals surface area contributed by atoms with Crippen LogP contribution in [0.2, 0.25) is 5.02 Å². The Morgan fingerprint density at radius 3 is 2.80 bits per heavy atom. The molecule has 0 saturated heterocycles. The molecule has 6 nitrogen and oxygen atoms in total. The van der Waals surface area contributed by atoms with Gasteiger partial charge in [0.05, 0.1) is 23.9 Å². The number of halogens is 2. The highest BCUT2D eigenvalue weighted by atomic mass is 35.5. The summed E-state index contributed by atoms with van der Waals surface area (Å²) in [6.45, 7) is 0. The summed E-state index contributed by atoms with van der Waals surface area (Å²) in [6.07, 6.45) is 2.44. The largest absolute Gasteiger partial charge is 0.495 e. The van der Waals surface area contributed by atoms with E-state index < -0.39 is 11.9 Å². The second-order valence-corrected chi connectivity index (χ2v) is 4.17. The van der Waals surface area contributed by atoms with Crippen LogP contribution in [0.5, 0.6) is 5.75 Å². The van der Waals surface area contributed by atoms with E-state index in [2.05, 4.69) is 15.3 Å². The summed E-state index contributed by atoms with van der Waals surface area (Å²) in [7, 11) is 1.41. The van der Waals surface area contributed by atoms with Crippen molar-refractivity contribution in [1.82, 2.24) is 9.97 Å². The maximum Gasteiger partial charge on any atom is 0.257 e. The molecule has 2 rings (SSSR count). The number of nitrogens with zero attached hydrogens (tertiary/aromatic N) is 2. The molecule has 0 aliphatic rings. The van der Waals surface area contributed by atoms with Crippen molar-refractivity contribution >= 4 is 29.0 Å². The summed E-state index contributed by atoms with van der Waals surface area (Å²) in [6, 6.07) is 2.65. The number of methoxy groups -OCH3 is 1. The van der Waals surface area contributed by atoms with E-state index in [0.29, 0.717) is 5.75 Å². The number of hydrogen-bond acceptors (Lipinski definition) is 5. The van der Waals surface area contributed by atoms with E-state index in [1.807, 2.05) is 0 Å². The predicted molar refractivity (Wildman–Crippen MR) is 72.4 cm³/mol. The van der Waals surface area contributed by atoms with Gasteiger partial charge in [0.25, 0.3) is 5.91 Å². The van der Waals surface area contributed by atoms with Gasteiger partial charge in [0.15, 0.2) is 0 Å². The molecule has 20 heavy (non-hydrogen) atoms. The standard InChI is InChI=1S/C12H10ClFN4O2/c1-20-7-3-9(10(14)16-5-7)18-12(19)6-2-8(13)11(15)17-4-6/h2-5H,1H3,(H2,15,17)(H,18,19). The normalized spacial score (nSPS) is 10.2. The fourth-order valence-corrected chi connectivity index (χ4v) is 1.56. The van der Waals surface area contributed by atoms with Crippen LogP contribution in [-0.2, 0) is 0 Å². The Hall–Kier alpha value is -2.41. The fraction of sp³-hybridized carbons (Fsp3) is 0.0833. The highest BCUT2D eigenvalue weighted by Crippen LogP contribution is 2.21. The molecule has 1 amide bonds. The van der Waals surface area contributed by atoms with Crippen molar-refractivity contribution in [2.75, 3.05) is 18.2 Å². The number of pyridine rings is 2. The minimum Gasteiger partial charge on any atom is -0.495 e. The van der Waals surface area contributed by atoms with Crippen molar-refractivity contribution in [3.8, 4) is 5.75 Å². The number of anilines is 2. The zero-order valence-electron chi connectivity index (χ0n) is 10.4. The molecule has 0 spiro atoms. The molecule has 2 aromatic rings. The van der Waals surface area contributed by atoms with Crippen molar-refractivity contribution in [3.05, 3.63) is 41.1 Å². The number of nitrogens with one attached hydrogen (secondary N) is 1. The van der Waals surface area contributed by atoms with Crippen LogP contribution in [-0.4, -0.2) is 23.0 Å². The first-order valence-corrected chi connectivity index (χ1v) is 5.81. The molecule has 0 aliphatic heterocycles. The van der Waals surface area contributed by atoms with Crippen molar-refractivity contribution in [2.45, 2.75) is 0 Å². The molecule has 0 radical (unpaired) electrons. The van der Waals surface area contributed by atoms with Crippen LogP contribution in [0.15, 0.2) is 24.5 Å². The molecule has 0 unspecified atom stereocenters. The minimum absolute atomic E-state index is 0.109. The molecule has 104 valence electrons. The number of carbonyl (C=O) groups is 1. The lowest BCUT2D eigenvalue weighted by Gasteiger charge is -2.08. The minimum atomic E-state index is -0.825. The van der Waals surface area contributed by atoms with Crippen LogP contribution in [0.1, 0.15) is 10.4 Å². The molecule has 3 N–H and O–H groups in total. The Morgan fingerprint density at radius 1 is 1.40 bits per heavy atom. The SMILES string of the molecule is COc1cnc(F)c(NC(=O)c2cnc(N)c(Cl)c2)c1. The summed E-state index contributed by atoms with van der Waals surface area (Å²) in [5.74, 6) is -0.991. The highest BCUT2D eigenvalue weighted by Gasteiger charge is 2.13. The quantitative estimate of drug-likeness (QED) is 0.847. The molecule has 0 bridgehead atoms. The first kappa shape index (κ1) is 14.0. The van der Waals surface area contributed by atoms with E-state index in [4.69, 9.17) is 22.1 Å². The third-order valence-corrected chi connectivity index (χ3v) is 2.73. The van der Waals surface area contributed by atoms with Crippen molar-refractivity contribution in [3.63, 3.8) is 0 Å². The molecule has 0 atom stereocenters. The molecule has 0 fully saturated rings. The average molecular weight is 297 g/mol. The Kier molecular flexibility index (Phi) is 3.99. The number of nitrogens with two attached hydrogens (primary N) is 1. The van der Waals surface area contributed by atoms with Gasteiger partial charge in [-0.2, -0.15) is 4.39 Å². The number of nitrogen functional groups attached to an aromatic ring is 1. The van der Waals surface area contributed by atoms with E-state index in [1.165, 1.54) is 31.6 Å². The Balaban J connectivity index is 2.25.